The zero-order valence-electron chi connectivity index (χ0n) is 11.8. The van der Waals surface area contributed by atoms with Gasteiger partial charge in [0.2, 0.25) is 0 Å². The maximum absolute atomic E-state index is 11.2. The molecule has 1 aliphatic heterocycles. The summed E-state index contributed by atoms with van der Waals surface area (Å²) in [5.41, 5.74) is 2.03. The largest absolute Gasteiger partial charge is 0.480 e. The van der Waals surface area contributed by atoms with Crippen LogP contribution in [0.2, 0.25) is 0 Å². The van der Waals surface area contributed by atoms with Crippen molar-refractivity contribution in [2.24, 2.45) is 0 Å². The lowest BCUT2D eigenvalue weighted by Crippen LogP contribution is -2.35. The van der Waals surface area contributed by atoms with E-state index in [0.717, 1.165) is 22.6 Å². The number of rotatable bonds is 4. The number of aliphatic carboxylic acids is 1. The highest BCUT2D eigenvalue weighted by molar-refractivity contribution is 5.69. The molecule has 21 heavy (non-hydrogen) atoms. The van der Waals surface area contributed by atoms with Crippen molar-refractivity contribution in [2.75, 3.05) is 13.1 Å². The van der Waals surface area contributed by atoms with Gasteiger partial charge in [0.05, 0.1) is 12.6 Å². The first-order chi connectivity index (χ1) is 10.2. The van der Waals surface area contributed by atoms with E-state index in [9.17, 15) is 4.79 Å². The van der Waals surface area contributed by atoms with Crippen molar-refractivity contribution in [3.63, 3.8) is 0 Å². The molecule has 4 nitrogen and oxygen atoms in total. The Labute approximate surface area is 123 Å². The fraction of sp³-hybridized carbons (Fsp3) is 0.235. The van der Waals surface area contributed by atoms with E-state index in [1.807, 2.05) is 60.4 Å². The Hall–Kier alpha value is -2.33. The normalized spacial score (nSPS) is 13.4. The summed E-state index contributed by atoms with van der Waals surface area (Å²) in [5, 5.41) is 9.17. The first kappa shape index (κ1) is 13.6. The average molecular weight is 283 g/mol. The van der Waals surface area contributed by atoms with E-state index in [-0.39, 0.29) is 12.6 Å². The maximum Gasteiger partial charge on any atom is 0.317 e. The second-order valence-electron chi connectivity index (χ2n) is 5.04. The Balaban J connectivity index is 2.11. The molecule has 0 aromatic heterocycles. The van der Waals surface area contributed by atoms with Crippen LogP contribution in [0.5, 0.6) is 11.5 Å². The molecule has 0 atom stereocenters. The summed E-state index contributed by atoms with van der Waals surface area (Å²) in [4.78, 5) is 13.1. The van der Waals surface area contributed by atoms with Crippen molar-refractivity contribution in [1.82, 2.24) is 4.90 Å². The molecule has 0 saturated carbocycles. The van der Waals surface area contributed by atoms with E-state index in [1.54, 1.807) is 0 Å². The number of carboxylic acid groups (broad SMARTS) is 1. The van der Waals surface area contributed by atoms with Gasteiger partial charge in [-0.05, 0) is 18.7 Å². The highest BCUT2D eigenvalue weighted by Gasteiger charge is 2.31. The SMILES string of the molecule is CCN(CC(=O)O)C1c2ccccc2Oc2ccccc21. The molecular weight excluding hydrogens is 266 g/mol. The molecule has 4 heteroatoms. The number of nitrogens with zero attached hydrogens (tertiary/aromatic N) is 1. The van der Waals surface area contributed by atoms with Gasteiger partial charge in [0.15, 0.2) is 0 Å². The number of benzene rings is 2. The van der Waals surface area contributed by atoms with Crippen LogP contribution < -0.4 is 4.74 Å². The smallest absolute Gasteiger partial charge is 0.317 e. The minimum atomic E-state index is -0.821. The van der Waals surface area contributed by atoms with Crippen LogP contribution in [0.1, 0.15) is 24.1 Å². The Kier molecular flexibility index (Phi) is 3.62. The number of likely N-dealkylation sites (N-methyl/N-ethyl adjacent to an activating group) is 1. The van der Waals surface area contributed by atoms with Crippen molar-refractivity contribution >= 4 is 5.97 Å². The Morgan fingerprint density at radius 3 is 2.10 bits per heavy atom. The summed E-state index contributed by atoms with van der Waals surface area (Å²) >= 11 is 0. The molecule has 0 amide bonds. The Bertz CT molecular complexity index is 623. The predicted molar refractivity (Wildman–Crippen MR) is 79.7 cm³/mol. The van der Waals surface area contributed by atoms with Gasteiger partial charge in [0, 0.05) is 11.1 Å². The lowest BCUT2D eigenvalue weighted by atomic mass is 9.93. The van der Waals surface area contributed by atoms with Crippen LogP contribution >= 0.6 is 0 Å². The molecule has 0 radical (unpaired) electrons. The Morgan fingerprint density at radius 2 is 1.62 bits per heavy atom. The standard InChI is InChI=1S/C17H17NO3/c1-2-18(11-16(19)20)17-12-7-3-5-9-14(12)21-15-10-6-4-8-13(15)17/h3-10,17H,2,11H2,1H3,(H,19,20). The second-order valence-corrected chi connectivity index (χ2v) is 5.04. The van der Waals surface area contributed by atoms with Crippen molar-refractivity contribution in [3.05, 3.63) is 59.7 Å². The third-order valence-electron chi connectivity index (χ3n) is 3.76. The highest BCUT2D eigenvalue weighted by Crippen LogP contribution is 2.45. The summed E-state index contributed by atoms with van der Waals surface area (Å²) in [6, 6.07) is 15.5. The van der Waals surface area contributed by atoms with Crippen LogP contribution in [0.3, 0.4) is 0 Å². The fourth-order valence-electron chi connectivity index (χ4n) is 2.84. The van der Waals surface area contributed by atoms with Crippen molar-refractivity contribution < 1.29 is 14.6 Å². The van der Waals surface area contributed by atoms with E-state index in [0.29, 0.717) is 6.54 Å². The molecule has 0 saturated heterocycles. The first-order valence-electron chi connectivity index (χ1n) is 7.02. The molecule has 2 aromatic rings. The van der Waals surface area contributed by atoms with E-state index in [1.165, 1.54) is 0 Å². The van der Waals surface area contributed by atoms with E-state index >= 15 is 0 Å². The van der Waals surface area contributed by atoms with Crippen molar-refractivity contribution in [2.45, 2.75) is 13.0 Å². The quantitative estimate of drug-likeness (QED) is 0.935. The van der Waals surface area contributed by atoms with Gasteiger partial charge in [-0.15, -0.1) is 0 Å². The van der Waals surface area contributed by atoms with Gasteiger partial charge in [0.1, 0.15) is 11.5 Å². The monoisotopic (exact) mass is 283 g/mol. The second kappa shape index (κ2) is 5.58. The number of para-hydroxylation sites is 2. The first-order valence-corrected chi connectivity index (χ1v) is 7.02. The van der Waals surface area contributed by atoms with Crippen molar-refractivity contribution in [1.29, 1.82) is 0 Å². The van der Waals surface area contributed by atoms with E-state index in [4.69, 9.17) is 9.84 Å². The molecule has 1 N–H and O–H groups in total. The van der Waals surface area contributed by atoms with Gasteiger partial charge in [-0.2, -0.15) is 0 Å². The molecule has 0 spiro atoms. The van der Waals surface area contributed by atoms with Gasteiger partial charge in [-0.1, -0.05) is 43.3 Å². The van der Waals surface area contributed by atoms with Gasteiger partial charge in [-0.3, -0.25) is 9.69 Å². The molecule has 0 fully saturated rings. The van der Waals surface area contributed by atoms with Crippen LogP contribution in [0.15, 0.2) is 48.5 Å². The third kappa shape index (κ3) is 2.50. The van der Waals surface area contributed by atoms with Crippen LogP contribution in [-0.4, -0.2) is 29.1 Å². The van der Waals surface area contributed by atoms with E-state index < -0.39 is 5.97 Å². The number of carbonyl (C=O) groups is 1. The molecular formula is C17H17NO3. The number of carboxylic acids is 1. The van der Waals surface area contributed by atoms with Crippen LogP contribution in [0, 0.1) is 0 Å². The highest BCUT2D eigenvalue weighted by atomic mass is 16.5. The summed E-state index contributed by atoms with van der Waals surface area (Å²) in [6.45, 7) is 2.63. The topological polar surface area (TPSA) is 49.8 Å². The lowest BCUT2D eigenvalue weighted by molar-refractivity contribution is -0.138. The Morgan fingerprint density at radius 1 is 1.10 bits per heavy atom. The minimum Gasteiger partial charge on any atom is -0.480 e. The summed E-state index contributed by atoms with van der Waals surface area (Å²) in [6.07, 6.45) is 0. The third-order valence-corrected chi connectivity index (χ3v) is 3.76. The molecule has 2 aromatic carbocycles. The zero-order chi connectivity index (χ0) is 14.8. The van der Waals surface area contributed by atoms with Gasteiger partial charge < -0.3 is 9.84 Å². The molecule has 0 aliphatic carbocycles. The molecule has 1 aliphatic rings. The van der Waals surface area contributed by atoms with Crippen LogP contribution in [0.4, 0.5) is 0 Å². The molecule has 108 valence electrons. The van der Waals surface area contributed by atoms with Crippen LogP contribution in [0.25, 0.3) is 0 Å². The average Bonchev–Trinajstić information content (AvgIpc) is 2.50. The predicted octanol–water partition coefficient (Wildman–Crippen LogP) is 3.29. The van der Waals surface area contributed by atoms with Crippen LogP contribution in [-0.2, 0) is 4.79 Å². The van der Waals surface area contributed by atoms with E-state index in [2.05, 4.69) is 0 Å². The zero-order valence-corrected chi connectivity index (χ0v) is 11.8. The number of ether oxygens (including phenoxy) is 1. The van der Waals surface area contributed by atoms with Gasteiger partial charge in [0.25, 0.3) is 0 Å². The lowest BCUT2D eigenvalue weighted by Gasteiger charge is -2.35. The number of fused-ring (bicyclic) bond motifs is 2. The van der Waals surface area contributed by atoms with Gasteiger partial charge >= 0.3 is 5.97 Å². The molecule has 0 bridgehead atoms. The maximum atomic E-state index is 11.2. The van der Waals surface area contributed by atoms with Gasteiger partial charge in [-0.25, -0.2) is 0 Å². The number of hydrogen-bond acceptors (Lipinski definition) is 3. The summed E-state index contributed by atoms with van der Waals surface area (Å²) < 4.78 is 5.93. The fourth-order valence-corrected chi connectivity index (χ4v) is 2.84. The van der Waals surface area contributed by atoms with Crippen molar-refractivity contribution in [3.8, 4) is 11.5 Å². The minimum absolute atomic E-state index is 0.00380. The molecule has 3 rings (SSSR count). The summed E-state index contributed by atoms with van der Waals surface area (Å²) in [5.74, 6) is 0.772. The summed E-state index contributed by atoms with van der Waals surface area (Å²) in [7, 11) is 0. The molecule has 1 heterocycles. The molecule has 0 unspecified atom stereocenters. The number of hydrogen-bond donors (Lipinski definition) is 1.